The van der Waals surface area contributed by atoms with E-state index in [-0.39, 0.29) is 96.2 Å². The summed E-state index contributed by atoms with van der Waals surface area (Å²) in [7, 11) is 0. The minimum Gasteiger partial charge on any atom is -0.546 e. The van der Waals surface area contributed by atoms with Crippen molar-refractivity contribution in [3.63, 3.8) is 0 Å². The Labute approximate surface area is 522 Å². The predicted octanol–water partition coefficient (Wildman–Crippen LogP) is 4.22. The first-order valence-electron chi connectivity index (χ1n) is 29.2. The Balaban J connectivity index is -0.000000333. The van der Waals surface area contributed by atoms with Crippen molar-refractivity contribution in [2.75, 3.05) is 0 Å². The van der Waals surface area contributed by atoms with E-state index in [0.717, 1.165) is 0 Å². The van der Waals surface area contributed by atoms with Crippen molar-refractivity contribution in [2.24, 2.45) is 0 Å². The van der Waals surface area contributed by atoms with E-state index in [1.807, 2.05) is 0 Å². The van der Waals surface area contributed by atoms with Gasteiger partial charge in [-0.05, 0) is 192 Å². The Hall–Kier alpha value is -3.21. The number of carboxylic acids is 4. The third-order valence-corrected chi connectivity index (χ3v) is 10.7. The molecule has 0 heterocycles. The third-order valence-electron chi connectivity index (χ3n) is 10.7. The van der Waals surface area contributed by atoms with Crippen LogP contribution in [0.2, 0.25) is 0 Å². The van der Waals surface area contributed by atoms with Crippen molar-refractivity contribution in [1.29, 1.82) is 0 Å². The average Bonchev–Trinajstić information content (AvgIpc) is 3.11. The van der Waals surface area contributed by atoms with E-state index in [0.29, 0.717) is 0 Å². The zero-order chi connectivity index (χ0) is 67.2. The SMILES string of the molecule is CCC(OC(C)C)(C(=O)[O-])C(=O)C(OC(C)C)OC(C)C.CCC(OC(C)C)(C(=O)[O-])C(=O)C(OC(C)C)OC(C)C.CCC(OC(C)C)(C(=O)[O-])C(=O)C(OC(C)C)OC(C)C.CCC(OC(C)C)(C(=O)[O-])C(=O)C(OC(C)C)OC(C)C.[Ti+4]. The molecule has 0 aromatic carbocycles. The molecule has 0 fully saturated rings. The summed E-state index contributed by atoms with van der Waals surface area (Å²) in [6.07, 6.45) is -9.67. The number of aliphatic carboxylic acids is 4. The van der Waals surface area contributed by atoms with Gasteiger partial charge in [-0.2, -0.15) is 0 Å². The zero-order valence-electron chi connectivity index (χ0n) is 56.4. The molecule has 85 heavy (non-hydrogen) atoms. The molecule has 0 aliphatic rings. The minimum atomic E-state index is -2.07. The fourth-order valence-corrected chi connectivity index (χ4v) is 7.41. The molecular formula is C60H108O24Ti. The first-order valence-corrected chi connectivity index (χ1v) is 29.2. The van der Waals surface area contributed by atoms with Crippen LogP contribution in [0.15, 0.2) is 0 Å². The molecule has 25 heteroatoms. The van der Waals surface area contributed by atoms with Gasteiger partial charge < -0.3 is 96.4 Å². The van der Waals surface area contributed by atoms with Crippen LogP contribution in [0.1, 0.15) is 220 Å². The average molecular weight is 1260 g/mol. The van der Waals surface area contributed by atoms with Crippen molar-refractivity contribution in [3.8, 4) is 0 Å². The van der Waals surface area contributed by atoms with Gasteiger partial charge in [0.25, 0.3) is 0 Å². The number of carboxylic acid groups (broad SMARTS) is 4. The van der Waals surface area contributed by atoms with Crippen LogP contribution in [-0.4, -0.2) is 168 Å². The van der Waals surface area contributed by atoms with E-state index >= 15 is 0 Å². The number of rotatable bonds is 40. The number of carbonyl (C=O) groups excluding carboxylic acids is 8. The molecular weight excluding hydrogens is 1150 g/mol. The minimum absolute atomic E-state index is 0. The quantitative estimate of drug-likeness (QED) is 0.0471. The monoisotopic (exact) mass is 1260 g/mol. The van der Waals surface area contributed by atoms with Gasteiger partial charge in [-0.25, -0.2) is 0 Å². The van der Waals surface area contributed by atoms with E-state index in [1.54, 1.807) is 194 Å². The molecule has 0 saturated carbocycles. The molecule has 24 nitrogen and oxygen atoms in total. The van der Waals surface area contributed by atoms with Crippen LogP contribution >= 0.6 is 0 Å². The fraction of sp³-hybridized carbons (Fsp3) is 0.867. The molecule has 0 spiro atoms. The van der Waals surface area contributed by atoms with Gasteiger partial charge >= 0.3 is 21.7 Å². The molecule has 0 saturated heterocycles. The number of hydrogen-bond acceptors (Lipinski definition) is 24. The first kappa shape index (κ1) is 90.5. The van der Waals surface area contributed by atoms with Crippen LogP contribution in [0.4, 0.5) is 0 Å². The fourth-order valence-electron chi connectivity index (χ4n) is 7.41. The van der Waals surface area contributed by atoms with Gasteiger partial charge in [-0.15, -0.1) is 0 Å². The number of carbonyl (C=O) groups is 8. The zero-order valence-corrected chi connectivity index (χ0v) is 57.9. The summed E-state index contributed by atoms with van der Waals surface area (Å²) >= 11 is 0. The van der Waals surface area contributed by atoms with Crippen LogP contribution in [0.5, 0.6) is 0 Å². The second-order valence-electron chi connectivity index (χ2n) is 22.8. The Morgan fingerprint density at radius 3 is 0.412 bits per heavy atom. The summed E-state index contributed by atoms with van der Waals surface area (Å²) in [6, 6.07) is 0. The number of ether oxygens (including phenoxy) is 12. The molecule has 0 amide bonds. The molecule has 0 aliphatic heterocycles. The van der Waals surface area contributed by atoms with Crippen LogP contribution in [0, 0.1) is 0 Å². The molecule has 0 aliphatic carbocycles. The van der Waals surface area contributed by atoms with E-state index in [1.165, 1.54) is 0 Å². The molecule has 0 aromatic heterocycles. The largest absolute Gasteiger partial charge is 4.00 e. The summed E-state index contributed by atoms with van der Waals surface area (Å²) in [5, 5.41) is 46.1. The molecule has 0 N–H and O–H groups in total. The van der Waals surface area contributed by atoms with Crippen molar-refractivity contribution in [3.05, 3.63) is 0 Å². The molecule has 496 valence electrons. The molecule has 4 unspecified atom stereocenters. The van der Waals surface area contributed by atoms with Crippen LogP contribution in [0.3, 0.4) is 0 Å². The Morgan fingerprint density at radius 1 is 0.247 bits per heavy atom. The summed E-state index contributed by atoms with van der Waals surface area (Å²) in [5.74, 6) is -9.41. The summed E-state index contributed by atoms with van der Waals surface area (Å²) < 4.78 is 64.9. The third kappa shape index (κ3) is 32.2. The topological polar surface area (TPSA) is 340 Å². The maximum Gasteiger partial charge on any atom is 4.00 e. The normalized spacial score (nSPS) is 14.8. The summed E-state index contributed by atoms with van der Waals surface area (Å²) in [5.41, 5.74) is -8.27. The first-order chi connectivity index (χ1) is 38.2. The second kappa shape index (κ2) is 43.5. The molecule has 0 aromatic rings. The second-order valence-corrected chi connectivity index (χ2v) is 22.8. The van der Waals surface area contributed by atoms with Crippen molar-refractivity contribution in [2.45, 2.75) is 340 Å². The van der Waals surface area contributed by atoms with Crippen LogP contribution in [-0.2, 0) is 117 Å². The van der Waals surface area contributed by atoms with E-state index in [2.05, 4.69) is 0 Å². The summed E-state index contributed by atoms with van der Waals surface area (Å²) in [6.45, 7) is 47.2. The van der Waals surface area contributed by atoms with Crippen LogP contribution < -0.4 is 20.4 Å². The Morgan fingerprint density at radius 2 is 0.353 bits per heavy atom. The number of Topliss-reactive ketones (excluding diaryl/α,β-unsaturated/α-hetero) is 4. The smallest absolute Gasteiger partial charge is 0.546 e. The van der Waals surface area contributed by atoms with Gasteiger partial charge in [-0.3, -0.25) is 19.2 Å². The number of ketones is 4. The number of hydrogen-bond donors (Lipinski definition) is 0. The van der Waals surface area contributed by atoms with Crippen molar-refractivity contribution < 1.29 is 137 Å². The van der Waals surface area contributed by atoms with Crippen LogP contribution in [0.25, 0.3) is 0 Å². The Bertz CT molecular complexity index is 1640. The molecule has 0 rings (SSSR count). The maximum absolute atomic E-state index is 12.6. The van der Waals surface area contributed by atoms with E-state index < -0.39 is 119 Å². The Kier molecular flexibility index (Phi) is 46.3. The maximum atomic E-state index is 12.6. The standard InChI is InChI=1S/4C15H28O6.Ti/c4*1-8-15(14(17)18,21-11(6)7)12(16)13(19-9(2)3)20-10(4)5;/h4*9-11,13H,8H2,1-7H3,(H,17,18);/q;;;;+4/p-4. The van der Waals surface area contributed by atoms with Crippen molar-refractivity contribution >= 4 is 47.0 Å². The van der Waals surface area contributed by atoms with Gasteiger partial charge in [0, 0.05) is 0 Å². The van der Waals surface area contributed by atoms with Gasteiger partial charge in [0.2, 0.25) is 48.3 Å². The van der Waals surface area contributed by atoms with Gasteiger partial charge in [-0.1, -0.05) is 27.7 Å². The van der Waals surface area contributed by atoms with Gasteiger partial charge in [0.15, 0.2) is 22.4 Å². The van der Waals surface area contributed by atoms with Gasteiger partial charge in [0.1, 0.15) is 0 Å². The molecule has 4 atom stereocenters. The van der Waals surface area contributed by atoms with E-state index in [9.17, 15) is 58.8 Å². The van der Waals surface area contributed by atoms with Crippen molar-refractivity contribution in [1.82, 2.24) is 0 Å². The van der Waals surface area contributed by atoms with Gasteiger partial charge in [0.05, 0.1) is 97.1 Å². The predicted molar refractivity (Wildman–Crippen MR) is 302 cm³/mol. The molecule has 0 radical (unpaired) electrons. The summed E-state index contributed by atoms with van der Waals surface area (Å²) in [4.78, 5) is 96.7. The van der Waals surface area contributed by atoms with E-state index in [4.69, 9.17) is 56.8 Å². The molecule has 0 bridgehead atoms.